The van der Waals surface area contributed by atoms with Crippen LogP contribution in [0.25, 0.3) is 17.3 Å². The predicted molar refractivity (Wildman–Crippen MR) is 82.1 cm³/mol. The van der Waals surface area contributed by atoms with E-state index >= 15 is 0 Å². The van der Waals surface area contributed by atoms with Crippen molar-refractivity contribution in [3.8, 4) is 0 Å². The molecule has 4 nitrogen and oxygen atoms in total. The maximum atomic E-state index is 12.1. The Morgan fingerprint density at radius 3 is 2.41 bits per heavy atom. The number of nitrogens with zero attached hydrogens (tertiary/aromatic N) is 2. The molecule has 0 aliphatic carbocycles. The van der Waals surface area contributed by atoms with Crippen LogP contribution in [0.3, 0.4) is 0 Å². The van der Waals surface area contributed by atoms with Crippen molar-refractivity contribution in [1.82, 2.24) is 0 Å². The first-order valence-electron chi connectivity index (χ1n) is 6.63. The summed E-state index contributed by atoms with van der Waals surface area (Å²) < 4.78 is 7.63. The first kappa shape index (κ1) is 16.2. The molecule has 1 amide bonds. The van der Waals surface area contributed by atoms with Crippen molar-refractivity contribution in [2.24, 2.45) is 0 Å². The number of hydrogen-bond acceptors (Lipinski definition) is 2. The number of anilines is 2. The van der Waals surface area contributed by atoms with E-state index < -0.39 is 0 Å². The first-order chi connectivity index (χ1) is 10.2. The van der Waals surface area contributed by atoms with Crippen LogP contribution in [-0.4, -0.2) is 5.91 Å². The van der Waals surface area contributed by atoms with E-state index in [0.717, 1.165) is 11.2 Å². The highest BCUT2D eigenvalue weighted by Gasteiger charge is 2.32. The summed E-state index contributed by atoms with van der Waals surface area (Å²) in [6.07, 6.45) is 1.64. The predicted octanol–water partition coefficient (Wildman–Crippen LogP) is 0.509. The SMILES string of the molecule is C=C[n+]1c(N(C(C)=O)c2ccccc2)oc2ccccc21.[I-]. The van der Waals surface area contributed by atoms with E-state index in [1.54, 1.807) is 10.8 Å². The fraction of sp³-hybridized carbons (Fsp3) is 0.0588. The standard InChI is InChI=1S/C17H15N2O2.HI/c1-3-18-15-11-7-8-12-16(15)21-17(18)19(13(2)20)14-9-5-4-6-10-14;/h3-12H,1H2,2H3;1H/q+1;/p-1. The molecule has 0 saturated heterocycles. The number of amides is 1. The molecular formula is C17H15IN2O2. The number of carbonyl (C=O) groups excluding carboxylic acids is 1. The maximum Gasteiger partial charge on any atom is 0.475 e. The molecule has 3 rings (SSSR count). The zero-order chi connectivity index (χ0) is 14.8. The lowest BCUT2D eigenvalue weighted by Gasteiger charge is -2.09. The summed E-state index contributed by atoms with van der Waals surface area (Å²) in [6, 6.07) is 17.4. The van der Waals surface area contributed by atoms with Gasteiger partial charge in [-0.3, -0.25) is 0 Å². The molecule has 0 saturated carbocycles. The Morgan fingerprint density at radius 1 is 1.14 bits per heavy atom. The summed E-state index contributed by atoms with van der Waals surface area (Å²) in [5.74, 6) is -0.129. The van der Waals surface area contributed by atoms with Gasteiger partial charge in [0, 0.05) is 6.92 Å². The maximum absolute atomic E-state index is 12.1. The van der Waals surface area contributed by atoms with E-state index in [2.05, 4.69) is 6.58 Å². The molecule has 0 radical (unpaired) electrons. The van der Waals surface area contributed by atoms with Crippen molar-refractivity contribution in [1.29, 1.82) is 0 Å². The summed E-state index contributed by atoms with van der Waals surface area (Å²) in [4.78, 5) is 13.6. The van der Waals surface area contributed by atoms with Crippen molar-refractivity contribution < 1.29 is 37.8 Å². The van der Waals surface area contributed by atoms with Crippen molar-refractivity contribution in [2.45, 2.75) is 6.92 Å². The summed E-state index contributed by atoms with van der Waals surface area (Å²) >= 11 is 0. The molecule has 1 aromatic heterocycles. The summed E-state index contributed by atoms with van der Waals surface area (Å²) in [6.45, 7) is 5.32. The molecule has 0 N–H and O–H groups in total. The van der Waals surface area contributed by atoms with Gasteiger partial charge in [-0.25, -0.2) is 4.79 Å². The van der Waals surface area contributed by atoms with Gasteiger partial charge in [0.2, 0.25) is 0 Å². The minimum Gasteiger partial charge on any atom is -1.00 e. The summed E-state index contributed by atoms with van der Waals surface area (Å²) in [5, 5.41) is 0. The third-order valence-electron chi connectivity index (χ3n) is 3.24. The number of benzene rings is 2. The van der Waals surface area contributed by atoms with Crippen LogP contribution in [-0.2, 0) is 4.79 Å². The monoisotopic (exact) mass is 406 g/mol. The molecule has 0 aliphatic heterocycles. The van der Waals surface area contributed by atoms with Gasteiger partial charge in [-0.15, -0.1) is 4.90 Å². The van der Waals surface area contributed by atoms with Crippen LogP contribution in [0, 0.1) is 0 Å². The Morgan fingerprint density at radius 2 is 1.77 bits per heavy atom. The molecule has 1 heterocycles. The fourth-order valence-corrected chi connectivity index (χ4v) is 2.33. The molecule has 3 aromatic rings. The van der Waals surface area contributed by atoms with E-state index in [1.165, 1.54) is 11.8 Å². The van der Waals surface area contributed by atoms with Gasteiger partial charge in [0.1, 0.15) is 5.69 Å². The van der Waals surface area contributed by atoms with Crippen LogP contribution in [0.4, 0.5) is 11.7 Å². The quantitative estimate of drug-likeness (QED) is 0.470. The van der Waals surface area contributed by atoms with E-state index in [0.29, 0.717) is 11.6 Å². The van der Waals surface area contributed by atoms with Crippen LogP contribution in [0.2, 0.25) is 0 Å². The lowest BCUT2D eigenvalue weighted by Crippen LogP contribution is -3.00. The Bertz CT molecular complexity index is 812. The van der Waals surface area contributed by atoms with E-state index in [1.807, 2.05) is 54.6 Å². The number of carbonyl (C=O) groups is 1. The average molecular weight is 406 g/mol. The molecule has 0 atom stereocenters. The Hall–Kier alpha value is -2.15. The number of hydrogen-bond donors (Lipinski definition) is 0. The molecule has 5 heteroatoms. The third kappa shape index (κ3) is 2.76. The summed E-state index contributed by atoms with van der Waals surface area (Å²) in [7, 11) is 0. The topological polar surface area (TPSA) is 37.3 Å². The molecule has 0 aliphatic rings. The number of rotatable bonds is 3. The highest BCUT2D eigenvalue weighted by molar-refractivity contribution is 5.97. The lowest BCUT2D eigenvalue weighted by atomic mass is 10.3. The van der Waals surface area contributed by atoms with E-state index in [-0.39, 0.29) is 29.9 Å². The van der Waals surface area contributed by atoms with Gasteiger partial charge < -0.3 is 28.4 Å². The van der Waals surface area contributed by atoms with E-state index in [9.17, 15) is 4.79 Å². The van der Waals surface area contributed by atoms with Gasteiger partial charge in [-0.1, -0.05) is 36.9 Å². The minimum absolute atomic E-state index is 0. The normalized spacial score (nSPS) is 10.0. The number of aromatic nitrogens is 1. The smallest absolute Gasteiger partial charge is 0.475 e. The molecule has 2 aromatic carbocycles. The average Bonchev–Trinajstić information content (AvgIpc) is 2.86. The first-order valence-corrected chi connectivity index (χ1v) is 6.63. The van der Waals surface area contributed by atoms with Crippen LogP contribution in [0.15, 0.2) is 65.6 Å². The molecule has 0 spiro atoms. The molecule has 22 heavy (non-hydrogen) atoms. The molecule has 0 fully saturated rings. The van der Waals surface area contributed by atoms with Crippen molar-refractivity contribution in [3.63, 3.8) is 0 Å². The molecular weight excluding hydrogens is 391 g/mol. The number of fused-ring (bicyclic) bond motifs is 1. The second kappa shape index (κ2) is 6.74. The minimum atomic E-state index is -0.129. The highest BCUT2D eigenvalue weighted by Crippen LogP contribution is 2.27. The van der Waals surface area contributed by atoms with Crippen LogP contribution in [0.1, 0.15) is 6.92 Å². The van der Waals surface area contributed by atoms with Crippen LogP contribution >= 0.6 is 0 Å². The number of para-hydroxylation sites is 3. The largest absolute Gasteiger partial charge is 1.00 e. The van der Waals surface area contributed by atoms with Crippen LogP contribution < -0.4 is 33.4 Å². The van der Waals surface area contributed by atoms with E-state index in [4.69, 9.17) is 4.42 Å². The zero-order valence-electron chi connectivity index (χ0n) is 12.1. The van der Waals surface area contributed by atoms with Crippen LogP contribution in [0.5, 0.6) is 0 Å². The Labute approximate surface area is 145 Å². The molecule has 112 valence electrons. The molecule has 0 bridgehead atoms. The van der Waals surface area contributed by atoms with Gasteiger partial charge in [0.05, 0.1) is 6.20 Å². The third-order valence-corrected chi connectivity index (χ3v) is 3.24. The zero-order valence-corrected chi connectivity index (χ0v) is 14.2. The van der Waals surface area contributed by atoms with Gasteiger partial charge >= 0.3 is 11.9 Å². The highest BCUT2D eigenvalue weighted by atomic mass is 127. The Balaban J connectivity index is 0.00000176. The van der Waals surface area contributed by atoms with Gasteiger partial charge in [0.15, 0.2) is 11.1 Å². The van der Waals surface area contributed by atoms with Gasteiger partial charge in [0.25, 0.3) is 0 Å². The number of halogens is 1. The van der Waals surface area contributed by atoms with Gasteiger partial charge in [-0.2, -0.15) is 4.57 Å². The van der Waals surface area contributed by atoms with Crippen molar-refractivity contribution in [3.05, 3.63) is 61.2 Å². The Kier molecular flexibility index (Phi) is 4.97. The lowest BCUT2D eigenvalue weighted by molar-refractivity contribution is -0.528. The van der Waals surface area contributed by atoms with Gasteiger partial charge in [-0.05, 0) is 24.3 Å². The second-order valence-electron chi connectivity index (χ2n) is 4.59. The number of oxazole rings is 1. The van der Waals surface area contributed by atoms with Crippen molar-refractivity contribution >= 4 is 34.9 Å². The second-order valence-corrected chi connectivity index (χ2v) is 4.59. The summed E-state index contributed by atoms with van der Waals surface area (Å²) in [5.41, 5.74) is 2.32. The molecule has 0 unspecified atom stereocenters. The fourth-order valence-electron chi connectivity index (χ4n) is 2.33. The van der Waals surface area contributed by atoms with Crippen molar-refractivity contribution in [2.75, 3.05) is 4.90 Å².